The number of rotatable bonds is 5. The van der Waals surface area contributed by atoms with Gasteiger partial charge in [0.25, 0.3) is 5.91 Å². The van der Waals surface area contributed by atoms with E-state index in [4.69, 9.17) is 14.0 Å². The molecule has 1 aliphatic heterocycles. The summed E-state index contributed by atoms with van der Waals surface area (Å²) >= 11 is 0. The maximum absolute atomic E-state index is 12.9. The van der Waals surface area contributed by atoms with Crippen molar-refractivity contribution in [2.75, 3.05) is 20.2 Å². The Morgan fingerprint density at radius 3 is 2.44 bits per heavy atom. The molecule has 1 aromatic carbocycles. The first-order valence-corrected chi connectivity index (χ1v) is 9.62. The Morgan fingerprint density at radius 1 is 1.11 bits per heavy atom. The van der Waals surface area contributed by atoms with Gasteiger partial charge in [0.1, 0.15) is 12.4 Å². The Balaban J connectivity index is 1.72. The van der Waals surface area contributed by atoms with Crippen molar-refractivity contribution >= 4 is 5.91 Å². The monoisotopic (exact) mass is 372 g/mol. The molecule has 0 unspecified atom stereocenters. The summed E-state index contributed by atoms with van der Waals surface area (Å²) in [5.74, 6) is 1.96. The van der Waals surface area contributed by atoms with Gasteiger partial charge >= 0.3 is 0 Å². The molecule has 1 saturated heterocycles. The minimum atomic E-state index is 0.0625. The zero-order chi connectivity index (χ0) is 19.2. The Hall–Kier alpha value is -2.50. The molecule has 1 fully saturated rings. The summed E-state index contributed by atoms with van der Waals surface area (Å²) in [5.41, 5.74) is 2.38. The molecule has 27 heavy (non-hydrogen) atoms. The minimum Gasteiger partial charge on any atom is -0.493 e. The molecule has 6 nitrogen and oxygen atoms in total. The Kier molecular flexibility index (Phi) is 6.37. The van der Waals surface area contributed by atoms with Gasteiger partial charge in [0.15, 0.2) is 11.5 Å². The summed E-state index contributed by atoms with van der Waals surface area (Å²) < 4.78 is 16.5. The summed E-state index contributed by atoms with van der Waals surface area (Å²) in [6.45, 7) is 5.74. The first-order chi connectivity index (χ1) is 13.1. The number of carbonyl (C=O) groups is 1. The van der Waals surface area contributed by atoms with E-state index in [-0.39, 0.29) is 5.91 Å². The van der Waals surface area contributed by atoms with E-state index in [1.54, 1.807) is 19.2 Å². The molecule has 3 rings (SSSR count). The van der Waals surface area contributed by atoms with Crippen molar-refractivity contribution in [2.24, 2.45) is 0 Å². The van der Waals surface area contributed by atoms with Gasteiger partial charge in [-0.1, -0.05) is 24.4 Å². The zero-order valence-electron chi connectivity index (χ0n) is 16.4. The van der Waals surface area contributed by atoms with Gasteiger partial charge in [0.2, 0.25) is 0 Å². The third-order valence-electron chi connectivity index (χ3n) is 5.11. The Labute approximate surface area is 160 Å². The zero-order valence-corrected chi connectivity index (χ0v) is 16.4. The van der Waals surface area contributed by atoms with E-state index in [9.17, 15) is 4.79 Å². The molecule has 2 heterocycles. The molecular formula is C21H28N2O4. The number of amides is 1. The molecule has 0 spiro atoms. The first kappa shape index (κ1) is 19.3. The number of benzene rings is 1. The lowest BCUT2D eigenvalue weighted by molar-refractivity contribution is 0.0742. The second-order valence-electron chi connectivity index (χ2n) is 7.02. The Bertz CT molecular complexity index is 757. The number of aromatic nitrogens is 1. The number of aryl methyl sites for hydroxylation is 2. The largest absolute Gasteiger partial charge is 0.493 e. The molecule has 6 heteroatoms. The molecule has 2 aromatic rings. The average molecular weight is 372 g/mol. The highest BCUT2D eigenvalue weighted by Crippen LogP contribution is 2.30. The molecule has 0 radical (unpaired) electrons. The predicted molar refractivity (Wildman–Crippen MR) is 102 cm³/mol. The molecule has 1 aliphatic rings. The van der Waals surface area contributed by atoms with E-state index < -0.39 is 0 Å². The van der Waals surface area contributed by atoms with Crippen molar-refractivity contribution in [1.29, 1.82) is 0 Å². The fourth-order valence-electron chi connectivity index (χ4n) is 3.41. The molecule has 1 aromatic heterocycles. The number of likely N-dealkylation sites (tertiary alicyclic amines) is 1. The van der Waals surface area contributed by atoms with Gasteiger partial charge in [-0.2, -0.15) is 0 Å². The van der Waals surface area contributed by atoms with Gasteiger partial charge in [0.05, 0.1) is 18.4 Å². The first-order valence-electron chi connectivity index (χ1n) is 9.62. The van der Waals surface area contributed by atoms with Crippen LogP contribution in [0.5, 0.6) is 11.5 Å². The van der Waals surface area contributed by atoms with Crippen LogP contribution in [0.3, 0.4) is 0 Å². The number of methoxy groups -OCH3 is 1. The molecule has 0 saturated carbocycles. The van der Waals surface area contributed by atoms with Gasteiger partial charge in [0, 0.05) is 18.7 Å². The van der Waals surface area contributed by atoms with Crippen LogP contribution in [0.4, 0.5) is 0 Å². The molecule has 0 atom stereocenters. The highest BCUT2D eigenvalue weighted by molar-refractivity contribution is 5.95. The van der Waals surface area contributed by atoms with Crippen LogP contribution in [0.15, 0.2) is 22.7 Å². The highest BCUT2D eigenvalue weighted by atomic mass is 16.5. The SMILES string of the molecule is COc1cc(C(=O)N2CCCCCCC2)ccc1OCc1c(C)noc1C. The van der Waals surface area contributed by atoms with Crippen LogP contribution in [-0.4, -0.2) is 36.2 Å². The van der Waals surface area contributed by atoms with Crippen LogP contribution in [0.2, 0.25) is 0 Å². The predicted octanol–water partition coefficient (Wildman–Crippen LogP) is 4.29. The summed E-state index contributed by atoms with van der Waals surface area (Å²) in [6.07, 6.45) is 5.80. The molecule has 0 bridgehead atoms. The number of nitrogens with zero attached hydrogens (tertiary/aromatic N) is 2. The van der Waals surface area contributed by atoms with Crippen LogP contribution < -0.4 is 9.47 Å². The third kappa shape index (κ3) is 4.62. The lowest BCUT2D eigenvalue weighted by Gasteiger charge is -2.25. The van der Waals surface area contributed by atoms with Crippen molar-refractivity contribution in [3.8, 4) is 11.5 Å². The standard InChI is InChI=1S/C21H28N2O4/c1-15-18(16(2)27-22-15)14-26-19-10-9-17(13-20(19)25-3)21(24)23-11-7-5-4-6-8-12-23/h9-10,13H,4-8,11-12,14H2,1-3H3. The van der Waals surface area contributed by atoms with Gasteiger partial charge in [-0.25, -0.2) is 0 Å². The van der Waals surface area contributed by atoms with Crippen molar-refractivity contribution in [3.05, 3.63) is 40.8 Å². The maximum atomic E-state index is 12.9. The number of ether oxygens (including phenoxy) is 2. The van der Waals surface area contributed by atoms with Gasteiger partial charge < -0.3 is 18.9 Å². The number of carbonyl (C=O) groups excluding carboxylic acids is 1. The molecule has 0 aliphatic carbocycles. The van der Waals surface area contributed by atoms with Gasteiger partial charge in [-0.15, -0.1) is 0 Å². The van der Waals surface area contributed by atoms with E-state index in [1.165, 1.54) is 19.3 Å². The maximum Gasteiger partial charge on any atom is 0.253 e. The van der Waals surface area contributed by atoms with Crippen molar-refractivity contribution in [3.63, 3.8) is 0 Å². The topological polar surface area (TPSA) is 64.8 Å². The lowest BCUT2D eigenvalue weighted by Crippen LogP contribution is -2.33. The lowest BCUT2D eigenvalue weighted by atomic mass is 10.1. The summed E-state index contributed by atoms with van der Waals surface area (Å²) in [7, 11) is 1.59. The van der Waals surface area contributed by atoms with Crippen LogP contribution in [0, 0.1) is 13.8 Å². The average Bonchev–Trinajstić information content (AvgIpc) is 2.97. The normalized spacial score (nSPS) is 15.1. The fraction of sp³-hybridized carbons (Fsp3) is 0.524. The summed E-state index contributed by atoms with van der Waals surface area (Å²) in [4.78, 5) is 14.8. The molecule has 1 amide bonds. The van der Waals surface area contributed by atoms with E-state index in [1.807, 2.05) is 24.8 Å². The summed E-state index contributed by atoms with van der Waals surface area (Å²) in [5, 5.41) is 3.94. The fourth-order valence-corrected chi connectivity index (χ4v) is 3.41. The Morgan fingerprint density at radius 2 is 1.81 bits per heavy atom. The van der Waals surface area contributed by atoms with Crippen molar-refractivity contribution in [2.45, 2.75) is 52.6 Å². The van der Waals surface area contributed by atoms with Gasteiger partial charge in [-0.05, 0) is 44.9 Å². The third-order valence-corrected chi connectivity index (χ3v) is 5.11. The van der Waals surface area contributed by atoms with E-state index in [2.05, 4.69) is 5.16 Å². The smallest absolute Gasteiger partial charge is 0.253 e. The van der Waals surface area contributed by atoms with Crippen molar-refractivity contribution in [1.82, 2.24) is 10.1 Å². The second kappa shape index (κ2) is 8.93. The van der Waals surface area contributed by atoms with E-state index in [0.29, 0.717) is 23.7 Å². The number of hydrogen-bond donors (Lipinski definition) is 0. The van der Waals surface area contributed by atoms with E-state index in [0.717, 1.165) is 42.9 Å². The minimum absolute atomic E-state index is 0.0625. The van der Waals surface area contributed by atoms with Gasteiger partial charge in [-0.3, -0.25) is 4.79 Å². The van der Waals surface area contributed by atoms with E-state index >= 15 is 0 Å². The molecule has 0 N–H and O–H groups in total. The number of hydrogen-bond acceptors (Lipinski definition) is 5. The second-order valence-corrected chi connectivity index (χ2v) is 7.02. The summed E-state index contributed by atoms with van der Waals surface area (Å²) in [6, 6.07) is 5.38. The quantitative estimate of drug-likeness (QED) is 0.783. The van der Waals surface area contributed by atoms with Crippen molar-refractivity contribution < 1.29 is 18.8 Å². The highest BCUT2D eigenvalue weighted by Gasteiger charge is 2.19. The van der Waals surface area contributed by atoms with Crippen LogP contribution in [0.1, 0.15) is 59.5 Å². The molecule has 146 valence electrons. The molecular weight excluding hydrogens is 344 g/mol. The van der Waals surface area contributed by atoms with Crippen LogP contribution >= 0.6 is 0 Å². The van der Waals surface area contributed by atoms with Crippen LogP contribution in [0.25, 0.3) is 0 Å². The van der Waals surface area contributed by atoms with Crippen LogP contribution in [-0.2, 0) is 6.61 Å².